The normalized spacial score (nSPS) is 12.3. The van der Waals surface area contributed by atoms with Crippen molar-refractivity contribution in [2.75, 3.05) is 12.8 Å². The fraction of sp³-hybridized carbons (Fsp3) is 0.222. The summed E-state index contributed by atoms with van der Waals surface area (Å²) < 4.78 is 62.8. The van der Waals surface area contributed by atoms with Crippen LogP contribution in [0.25, 0.3) is 5.52 Å². The molecule has 1 N–H and O–H groups in total. The van der Waals surface area contributed by atoms with E-state index in [1.165, 1.54) is 22.7 Å². The Bertz CT molecular complexity index is 1120. The molecule has 10 heteroatoms. The predicted molar refractivity (Wildman–Crippen MR) is 95.8 cm³/mol. The van der Waals surface area contributed by atoms with Crippen molar-refractivity contribution in [3.05, 3.63) is 65.5 Å². The molecule has 0 aliphatic heterocycles. The molecule has 0 unspecified atom stereocenters. The monoisotopic (exact) mass is 411 g/mol. The lowest BCUT2D eigenvalue weighted by atomic mass is 10.1. The minimum absolute atomic E-state index is 0.0338. The van der Waals surface area contributed by atoms with Gasteiger partial charge in [-0.2, -0.15) is 13.2 Å². The van der Waals surface area contributed by atoms with Gasteiger partial charge in [0.05, 0.1) is 11.1 Å². The van der Waals surface area contributed by atoms with Crippen LogP contribution in [-0.2, 0) is 22.4 Å². The van der Waals surface area contributed by atoms with Gasteiger partial charge in [0.25, 0.3) is 5.91 Å². The molecular weight excluding hydrogens is 395 g/mol. The molecule has 0 aliphatic carbocycles. The standard InChI is InChI=1S/C18H16F3N3O3S/c1-28(26,27)17-23-15(14-4-2-3-11-24(14)17)16(25)22-10-9-12-5-7-13(8-6-12)18(19,20)21/h2-8,11H,9-10H2,1H3,(H,22,25). The van der Waals surface area contributed by atoms with Crippen molar-refractivity contribution in [3.8, 4) is 0 Å². The Hall–Kier alpha value is -2.88. The van der Waals surface area contributed by atoms with E-state index in [1.807, 2.05) is 0 Å². The van der Waals surface area contributed by atoms with Gasteiger partial charge in [-0.25, -0.2) is 13.4 Å². The molecule has 6 nitrogen and oxygen atoms in total. The second-order valence-corrected chi connectivity index (χ2v) is 8.08. The highest BCUT2D eigenvalue weighted by molar-refractivity contribution is 7.90. The molecular formula is C18H16F3N3O3S. The number of rotatable bonds is 5. The molecule has 3 rings (SSSR count). The summed E-state index contributed by atoms with van der Waals surface area (Å²) in [4.78, 5) is 16.4. The molecule has 2 heterocycles. The van der Waals surface area contributed by atoms with Crippen molar-refractivity contribution < 1.29 is 26.4 Å². The summed E-state index contributed by atoms with van der Waals surface area (Å²) in [7, 11) is -3.64. The van der Waals surface area contributed by atoms with Gasteiger partial charge in [-0.1, -0.05) is 18.2 Å². The van der Waals surface area contributed by atoms with Gasteiger partial charge in [0.15, 0.2) is 5.69 Å². The fourth-order valence-electron chi connectivity index (χ4n) is 2.70. The number of pyridine rings is 1. The third-order valence-corrected chi connectivity index (χ3v) is 4.99. The van der Waals surface area contributed by atoms with Gasteiger partial charge in [-0.05, 0) is 36.2 Å². The summed E-state index contributed by atoms with van der Waals surface area (Å²) in [6, 6.07) is 9.52. The molecule has 0 radical (unpaired) electrons. The summed E-state index contributed by atoms with van der Waals surface area (Å²) >= 11 is 0. The smallest absolute Gasteiger partial charge is 0.350 e. The van der Waals surface area contributed by atoms with E-state index in [0.29, 0.717) is 17.5 Å². The van der Waals surface area contributed by atoms with Crippen molar-refractivity contribution in [2.24, 2.45) is 0 Å². The van der Waals surface area contributed by atoms with E-state index in [2.05, 4.69) is 10.3 Å². The zero-order valence-electron chi connectivity index (χ0n) is 14.7. The third kappa shape index (κ3) is 4.16. The highest BCUT2D eigenvalue weighted by Crippen LogP contribution is 2.29. The van der Waals surface area contributed by atoms with E-state index in [-0.39, 0.29) is 17.4 Å². The predicted octanol–water partition coefficient (Wildman–Crippen LogP) is 2.73. The minimum atomic E-state index is -4.40. The van der Waals surface area contributed by atoms with Gasteiger partial charge in [0.2, 0.25) is 15.0 Å². The molecule has 1 amide bonds. The molecule has 2 aromatic heterocycles. The maximum absolute atomic E-state index is 12.6. The average Bonchev–Trinajstić information content (AvgIpc) is 3.01. The highest BCUT2D eigenvalue weighted by atomic mass is 32.2. The van der Waals surface area contributed by atoms with Crippen LogP contribution in [0.1, 0.15) is 21.6 Å². The molecule has 3 aromatic rings. The average molecular weight is 411 g/mol. The Morgan fingerprint density at radius 2 is 1.82 bits per heavy atom. The van der Waals surface area contributed by atoms with Crippen molar-refractivity contribution in [2.45, 2.75) is 17.8 Å². The van der Waals surface area contributed by atoms with Gasteiger partial charge in [0, 0.05) is 19.0 Å². The lowest BCUT2D eigenvalue weighted by molar-refractivity contribution is -0.137. The molecule has 0 saturated carbocycles. The first-order valence-corrected chi connectivity index (χ1v) is 10.1. The number of sulfone groups is 1. The van der Waals surface area contributed by atoms with Gasteiger partial charge in [-0.15, -0.1) is 0 Å². The lowest BCUT2D eigenvalue weighted by Crippen LogP contribution is -2.26. The number of aromatic nitrogens is 2. The van der Waals surface area contributed by atoms with E-state index in [9.17, 15) is 26.4 Å². The summed E-state index contributed by atoms with van der Waals surface area (Å²) in [5, 5.41) is 2.38. The van der Waals surface area contributed by atoms with Crippen LogP contribution < -0.4 is 5.32 Å². The van der Waals surface area contributed by atoms with Crippen LogP contribution in [0.2, 0.25) is 0 Å². The van der Waals surface area contributed by atoms with Crippen LogP contribution in [-0.4, -0.2) is 36.5 Å². The molecule has 28 heavy (non-hydrogen) atoms. The number of carbonyl (C=O) groups is 1. The zero-order valence-corrected chi connectivity index (χ0v) is 15.5. The lowest BCUT2D eigenvalue weighted by Gasteiger charge is -2.08. The molecule has 0 atom stereocenters. The van der Waals surface area contributed by atoms with Gasteiger partial charge in [-0.3, -0.25) is 9.20 Å². The fourth-order valence-corrected chi connectivity index (χ4v) is 3.48. The minimum Gasteiger partial charge on any atom is -0.350 e. The van der Waals surface area contributed by atoms with E-state index < -0.39 is 27.5 Å². The number of imidazole rings is 1. The molecule has 1 aromatic carbocycles. The third-order valence-electron chi connectivity index (χ3n) is 4.04. The number of alkyl halides is 3. The van der Waals surface area contributed by atoms with E-state index in [4.69, 9.17) is 0 Å². The topological polar surface area (TPSA) is 80.5 Å². The van der Waals surface area contributed by atoms with Crippen LogP contribution >= 0.6 is 0 Å². The van der Waals surface area contributed by atoms with Gasteiger partial charge in [0.1, 0.15) is 0 Å². The maximum Gasteiger partial charge on any atom is 0.416 e. The number of nitrogens with zero attached hydrogens (tertiary/aromatic N) is 2. The molecule has 0 saturated heterocycles. The molecule has 148 valence electrons. The largest absolute Gasteiger partial charge is 0.416 e. The molecule has 0 aliphatic rings. The number of nitrogens with one attached hydrogen (secondary N) is 1. The Morgan fingerprint density at radius 1 is 1.14 bits per heavy atom. The van der Waals surface area contributed by atoms with Crippen LogP contribution in [0.5, 0.6) is 0 Å². The molecule has 0 spiro atoms. The first kappa shape index (κ1) is 19.9. The van der Waals surface area contributed by atoms with Gasteiger partial charge < -0.3 is 5.32 Å². The van der Waals surface area contributed by atoms with Crippen molar-refractivity contribution in [1.29, 1.82) is 0 Å². The summed E-state index contributed by atoms with van der Waals surface area (Å²) in [5.41, 5.74) is 0.196. The Balaban J connectivity index is 1.72. The summed E-state index contributed by atoms with van der Waals surface area (Å²) in [6.45, 7) is 0.157. The first-order valence-electron chi connectivity index (χ1n) is 8.19. The summed E-state index contributed by atoms with van der Waals surface area (Å²) in [6.07, 6.45) is -1.58. The highest BCUT2D eigenvalue weighted by Gasteiger charge is 2.29. The number of benzene rings is 1. The van der Waals surface area contributed by atoms with Crippen molar-refractivity contribution >= 4 is 21.3 Å². The first-order chi connectivity index (χ1) is 13.1. The number of hydrogen-bond acceptors (Lipinski definition) is 4. The Kier molecular flexibility index (Phi) is 5.16. The van der Waals surface area contributed by atoms with E-state index in [1.54, 1.807) is 18.2 Å². The van der Waals surface area contributed by atoms with Crippen LogP contribution in [0.3, 0.4) is 0 Å². The summed E-state index contributed by atoms with van der Waals surface area (Å²) in [5.74, 6) is -0.564. The zero-order chi connectivity index (χ0) is 20.5. The molecule has 0 bridgehead atoms. The van der Waals surface area contributed by atoms with Gasteiger partial charge >= 0.3 is 6.18 Å². The van der Waals surface area contributed by atoms with E-state index in [0.717, 1.165) is 18.4 Å². The second-order valence-electron chi connectivity index (χ2n) is 6.17. The van der Waals surface area contributed by atoms with Crippen LogP contribution in [0.15, 0.2) is 53.8 Å². The van der Waals surface area contributed by atoms with Crippen molar-refractivity contribution in [1.82, 2.24) is 14.7 Å². The maximum atomic E-state index is 12.6. The van der Waals surface area contributed by atoms with Crippen LogP contribution in [0, 0.1) is 0 Å². The van der Waals surface area contributed by atoms with Crippen molar-refractivity contribution in [3.63, 3.8) is 0 Å². The number of amides is 1. The SMILES string of the molecule is CS(=O)(=O)c1nc(C(=O)NCCc2ccc(C(F)(F)F)cc2)c2ccccn12. The quantitative estimate of drug-likeness (QED) is 0.700. The second kappa shape index (κ2) is 7.27. The number of hydrogen-bond donors (Lipinski definition) is 1. The van der Waals surface area contributed by atoms with E-state index >= 15 is 0 Å². The number of carbonyl (C=O) groups excluding carboxylic acids is 1. The molecule has 0 fully saturated rings. The Labute approximate surface area is 158 Å². The number of halogens is 3. The van der Waals surface area contributed by atoms with Crippen LogP contribution in [0.4, 0.5) is 13.2 Å². The number of fused-ring (bicyclic) bond motifs is 1. The Morgan fingerprint density at radius 3 is 2.43 bits per heavy atom.